The first kappa shape index (κ1) is 12.9. The van der Waals surface area contributed by atoms with Crippen molar-refractivity contribution < 1.29 is 0 Å². The summed E-state index contributed by atoms with van der Waals surface area (Å²) in [5, 5.41) is 1.33. The lowest BCUT2D eigenvalue weighted by Gasteiger charge is -2.16. The van der Waals surface area contributed by atoms with Gasteiger partial charge in [-0.15, -0.1) is 11.8 Å². The Balaban J connectivity index is 3.02. The van der Waals surface area contributed by atoms with Crippen LogP contribution in [0, 0.1) is 0 Å². The Morgan fingerprint density at radius 3 is 2.60 bits per heavy atom. The Labute approximate surface area is 101 Å². The van der Waals surface area contributed by atoms with Gasteiger partial charge in [0.15, 0.2) is 0 Å². The van der Waals surface area contributed by atoms with Gasteiger partial charge in [-0.3, -0.25) is 0 Å². The van der Waals surface area contributed by atoms with Gasteiger partial charge in [0.25, 0.3) is 0 Å². The fourth-order valence-corrected chi connectivity index (χ4v) is 2.57. The summed E-state index contributed by atoms with van der Waals surface area (Å²) in [7, 11) is 0. The fourth-order valence-electron chi connectivity index (χ4n) is 1.39. The molecule has 0 aliphatic rings. The van der Waals surface area contributed by atoms with E-state index in [1.165, 1.54) is 10.5 Å². The van der Waals surface area contributed by atoms with Crippen molar-refractivity contribution in [1.82, 2.24) is 0 Å². The summed E-state index contributed by atoms with van der Waals surface area (Å²) < 4.78 is 0. The van der Waals surface area contributed by atoms with Crippen LogP contribution in [0.5, 0.6) is 0 Å². The quantitative estimate of drug-likeness (QED) is 0.801. The summed E-state index contributed by atoms with van der Waals surface area (Å²) >= 11 is 7.83. The largest absolute Gasteiger partial charge is 0.324 e. The SMILES string of the molecule is CCC(N)c1cc(Cl)ccc1SC(C)C. The molecule has 0 fully saturated rings. The highest BCUT2D eigenvalue weighted by molar-refractivity contribution is 8.00. The lowest BCUT2D eigenvalue weighted by atomic mass is 10.1. The molecule has 15 heavy (non-hydrogen) atoms. The molecule has 1 aromatic carbocycles. The van der Waals surface area contributed by atoms with Gasteiger partial charge in [0.05, 0.1) is 0 Å². The predicted octanol–water partition coefficient (Wildman–Crippen LogP) is 4.25. The molecule has 0 bridgehead atoms. The molecule has 3 heteroatoms. The third-order valence-corrected chi connectivity index (χ3v) is 3.51. The van der Waals surface area contributed by atoms with E-state index in [9.17, 15) is 0 Å². The Bertz CT molecular complexity index is 325. The summed E-state index contributed by atoms with van der Waals surface area (Å²) in [5.41, 5.74) is 7.24. The van der Waals surface area contributed by atoms with E-state index in [1.807, 2.05) is 23.9 Å². The smallest absolute Gasteiger partial charge is 0.0410 e. The van der Waals surface area contributed by atoms with Crippen molar-refractivity contribution >= 4 is 23.4 Å². The summed E-state index contributed by atoms with van der Waals surface area (Å²) in [6.45, 7) is 6.45. The van der Waals surface area contributed by atoms with E-state index in [2.05, 4.69) is 26.8 Å². The van der Waals surface area contributed by atoms with Crippen molar-refractivity contribution in [3.05, 3.63) is 28.8 Å². The minimum atomic E-state index is 0.0879. The van der Waals surface area contributed by atoms with Gasteiger partial charge in [0.1, 0.15) is 0 Å². The third kappa shape index (κ3) is 3.71. The highest BCUT2D eigenvalue weighted by Crippen LogP contribution is 2.32. The van der Waals surface area contributed by atoms with Crippen LogP contribution < -0.4 is 5.73 Å². The molecule has 2 N–H and O–H groups in total. The molecule has 1 atom stereocenters. The molecule has 0 aliphatic heterocycles. The topological polar surface area (TPSA) is 26.0 Å². The first-order valence-corrected chi connectivity index (χ1v) is 6.52. The molecule has 0 aromatic heterocycles. The standard InChI is InChI=1S/C12H18ClNS/c1-4-11(14)10-7-9(13)5-6-12(10)15-8(2)3/h5-8,11H,4,14H2,1-3H3. The van der Waals surface area contributed by atoms with Gasteiger partial charge in [-0.05, 0) is 30.2 Å². The maximum absolute atomic E-state index is 6.07. The summed E-state index contributed by atoms with van der Waals surface area (Å²) in [4.78, 5) is 1.25. The first-order valence-electron chi connectivity index (χ1n) is 5.26. The van der Waals surface area contributed by atoms with Gasteiger partial charge in [0, 0.05) is 21.2 Å². The average Bonchev–Trinajstić information content (AvgIpc) is 2.19. The van der Waals surface area contributed by atoms with Crippen LogP contribution in [0.3, 0.4) is 0 Å². The highest BCUT2D eigenvalue weighted by Gasteiger charge is 2.11. The van der Waals surface area contributed by atoms with E-state index in [0.29, 0.717) is 5.25 Å². The molecule has 1 nitrogen and oxygen atoms in total. The molecule has 1 unspecified atom stereocenters. The molecule has 0 spiro atoms. The van der Waals surface area contributed by atoms with Gasteiger partial charge in [-0.25, -0.2) is 0 Å². The maximum Gasteiger partial charge on any atom is 0.0410 e. The third-order valence-electron chi connectivity index (χ3n) is 2.17. The molecule has 0 saturated heterocycles. The lowest BCUT2D eigenvalue weighted by molar-refractivity contribution is 0.685. The normalized spacial score (nSPS) is 13.2. The summed E-state index contributed by atoms with van der Waals surface area (Å²) in [6, 6.07) is 6.07. The summed E-state index contributed by atoms with van der Waals surface area (Å²) in [5.74, 6) is 0. The molecule has 0 amide bonds. The van der Waals surface area contributed by atoms with Crippen LogP contribution in [0.2, 0.25) is 5.02 Å². The molecule has 1 aromatic rings. The van der Waals surface area contributed by atoms with Gasteiger partial charge in [-0.2, -0.15) is 0 Å². The molecular formula is C12H18ClNS. The average molecular weight is 244 g/mol. The van der Waals surface area contributed by atoms with Crippen molar-refractivity contribution in [1.29, 1.82) is 0 Å². The molecule has 0 heterocycles. The number of rotatable bonds is 4. The Morgan fingerprint density at radius 2 is 2.07 bits per heavy atom. The number of benzene rings is 1. The van der Waals surface area contributed by atoms with E-state index >= 15 is 0 Å². The van der Waals surface area contributed by atoms with Crippen LogP contribution in [-0.4, -0.2) is 5.25 Å². The zero-order chi connectivity index (χ0) is 11.4. The zero-order valence-corrected chi connectivity index (χ0v) is 11.0. The number of thioether (sulfide) groups is 1. The van der Waals surface area contributed by atoms with Crippen molar-refractivity contribution in [2.75, 3.05) is 0 Å². The second kappa shape index (κ2) is 5.78. The van der Waals surface area contributed by atoms with Crippen LogP contribution in [0.15, 0.2) is 23.1 Å². The van der Waals surface area contributed by atoms with Crippen LogP contribution >= 0.6 is 23.4 Å². The van der Waals surface area contributed by atoms with Crippen LogP contribution in [-0.2, 0) is 0 Å². The zero-order valence-electron chi connectivity index (χ0n) is 9.46. The molecular weight excluding hydrogens is 226 g/mol. The van der Waals surface area contributed by atoms with Crippen molar-refractivity contribution in [2.24, 2.45) is 5.73 Å². The highest BCUT2D eigenvalue weighted by atomic mass is 35.5. The van der Waals surface area contributed by atoms with Crippen LogP contribution in [0.1, 0.15) is 38.8 Å². The van der Waals surface area contributed by atoms with Crippen LogP contribution in [0.4, 0.5) is 0 Å². The second-order valence-electron chi connectivity index (χ2n) is 3.86. The van der Waals surface area contributed by atoms with Gasteiger partial charge in [-0.1, -0.05) is 32.4 Å². The number of hydrogen-bond acceptors (Lipinski definition) is 2. The Kier molecular flexibility index (Phi) is 4.97. The van der Waals surface area contributed by atoms with E-state index in [0.717, 1.165) is 11.4 Å². The molecule has 0 radical (unpaired) electrons. The van der Waals surface area contributed by atoms with Crippen molar-refractivity contribution in [2.45, 2.75) is 43.4 Å². The Hall–Kier alpha value is -0.180. The number of halogens is 1. The first-order chi connectivity index (χ1) is 7.04. The molecule has 84 valence electrons. The maximum atomic E-state index is 6.07. The van der Waals surface area contributed by atoms with Gasteiger partial charge < -0.3 is 5.73 Å². The van der Waals surface area contributed by atoms with Gasteiger partial charge >= 0.3 is 0 Å². The van der Waals surface area contributed by atoms with Gasteiger partial charge in [0.2, 0.25) is 0 Å². The van der Waals surface area contributed by atoms with Crippen LogP contribution in [0.25, 0.3) is 0 Å². The number of hydrogen-bond donors (Lipinski definition) is 1. The fraction of sp³-hybridized carbons (Fsp3) is 0.500. The number of nitrogens with two attached hydrogens (primary N) is 1. The van der Waals surface area contributed by atoms with Crippen molar-refractivity contribution in [3.63, 3.8) is 0 Å². The Morgan fingerprint density at radius 1 is 1.40 bits per heavy atom. The minimum absolute atomic E-state index is 0.0879. The molecule has 1 rings (SSSR count). The van der Waals surface area contributed by atoms with E-state index in [1.54, 1.807) is 0 Å². The van der Waals surface area contributed by atoms with E-state index < -0.39 is 0 Å². The van der Waals surface area contributed by atoms with E-state index in [4.69, 9.17) is 17.3 Å². The van der Waals surface area contributed by atoms with Crippen molar-refractivity contribution in [3.8, 4) is 0 Å². The molecule has 0 aliphatic carbocycles. The predicted molar refractivity (Wildman–Crippen MR) is 69.7 cm³/mol. The monoisotopic (exact) mass is 243 g/mol. The van der Waals surface area contributed by atoms with E-state index in [-0.39, 0.29) is 6.04 Å². The molecule has 0 saturated carbocycles. The minimum Gasteiger partial charge on any atom is -0.324 e. The lowest BCUT2D eigenvalue weighted by Crippen LogP contribution is -2.10. The second-order valence-corrected chi connectivity index (χ2v) is 5.92. The summed E-state index contributed by atoms with van der Waals surface area (Å²) in [6.07, 6.45) is 0.937.